The van der Waals surface area contributed by atoms with Gasteiger partial charge in [0.15, 0.2) is 5.65 Å². The summed E-state index contributed by atoms with van der Waals surface area (Å²) in [5.74, 6) is -0.225. The molecule has 0 aromatic carbocycles. The zero-order valence-electron chi connectivity index (χ0n) is 12.3. The monoisotopic (exact) mass is 324 g/mol. The van der Waals surface area contributed by atoms with Crippen molar-refractivity contribution < 1.29 is 18.0 Å². The quantitative estimate of drug-likeness (QED) is 0.853. The number of carbonyl (C=O) groups is 1. The van der Waals surface area contributed by atoms with Gasteiger partial charge in [-0.1, -0.05) is 0 Å². The summed E-state index contributed by atoms with van der Waals surface area (Å²) in [7, 11) is 0. The standard InChI is InChI=1S/C15H15F3N4O/c16-15(17,18)12-7-11(9-3-4-9)20-13-10(8-19-22(12)13)14(23)21-5-1-2-6-21/h7-9H,1-6H2. The molecular formula is C15H15F3N4O. The maximum atomic E-state index is 13.3. The third-order valence-corrected chi connectivity index (χ3v) is 4.40. The summed E-state index contributed by atoms with van der Waals surface area (Å²) in [6.07, 6.45) is 0.173. The Bertz CT molecular complexity index is 773. The molecule has 0 atom stereocenters. The van der Waals surface area contributed by atoms with Gasteiger partial charge in [-0.05, 0) is 31.7 Å². The topological polar surface area (TPSA) is 50.5 Å². The molecule has 23 heavy (non-hydrogen) atoms. The van der Waals surface area contributed by atoms with Crippen LogP contribution in [0.5, 0.6) is 0 Å². The van der Waals surface area contributed by atoms with Gasteiger partial charge >= 0.3 is 6.18 Å². The summed E-state index contributed by atoms with van der Waals surface area (Å²) in [6.45, 7) is 1.26. The molecule has 122 valence electrons. The molecule has 3 heterocycles. The van der Waals surface area contributed by atoms with E-state index in [-0.39, 0.29) is 23.0 Å². The number of alkyl halides is 3. The Morgan fingerprint density at radius 1 is 1.22 bits per heavy atom. The predicted molar refractivity (Wildman–Crippen MR) is 75.1 cm³/mol. The fourth-order valence-electron chi connectivity index (χ4n) is 3.01. The molecule has 2 aliphatic rings. The first-order chi connectivity index (χ1) is 10.9. The van der Waals surface area contributed by atoms with Crippen molar-refractivity contribution >= 4 is 11.6 Å². The van der Waals surface area contributed by atoms with E-state index in [4.69, 9.17) is 0 Å². The molecule has 2 aromatic heterocycles. The molecule has 1 aliphatic heterocycles. The first kappa shape index (κ1) is 14.5. The van der Waals surface area contributed by atoms with Gasteiger partial charge in [0, 0.05) is 24.7 Å². The van der Waals surface area contributed by atoms with E-state index in [9.17, 15) is 18.0 Å². The highest BCUT2D eigenvalue weighted by Gasteiger charge is 2.38. The van der Waals surface area contributed by atoms with Gasteiger partial charge in [0.05, 0.1) is 6.20 Å². The largest absolute Gasteiger partial charge is 0.433 e. The van der Waals surface area contributed by atoms with E-state index in [1.165, 1.54) is 6.20 Å². The predicted octanol–water partition coefficient (Wildman–Crippen LogP) is 2.86. The number of halogens is 3. The number of likely N-dealkylation sites (tertiary alicyclic amines) is 1. The first-order valence-electron chi connectivity index (χ1n) is 7.70. The number of nitrogens with zero attached hydrogens (tertiary/aromatic N) is 4. The second kappa shape index (κ2) is 4.94. The summed E-state index contributed by atoms with van der Waals surface area (Å²) in [5.41, 5.74) is -0.302. The van der Waals surface area contributed by atoms with Gasteiger partial charge in [-0.25, -0.2) is 9.50 Å². The van der Waals surface area contributed by atoms with Gasteiger partial charge in [0.25, 0.3) is 5.91 Å². The molecule has 5 nitrogen and oxygen atoms in total. The van der Waals surface area contributed by atoms with Crippen LogP contribution in [-0.4, -0.2) is 38.5 Å². The van der Waals surface area contributed by atoms with Crippen LogP contribution < -0.4 is 0 Å². The Morgan fingerprint density at radius 3 is 2.52 bits per heavy atom. The molecule has 1 amide bonds. The molecule has 2 aromatic rings. The van der Waals surface area contributed by atoms with Crippen LogP contribution in [-0.2, 0) is 6.18 Å². The second-order valence-electron chi connectivity index (χ2n) is 6.13. The Hall–Kier alpha value is -2.12. The average Bonchev–Trinajstić information content (AvgIpc) is 3.05. The van der Waals surface area contributed by atoms with Crippen molar-refractivity contribution in [3.05, 3.63) is 29.2 Å². The van der Waals surface area contributed by atoms with E-state index >= 15 is 0 Å². The molecule has 2 fully saturated rings. The maximum absolute atomic E-state index is 13.3. The smallest absolute Gasteiger partial charge is 0.338 e. The van der Waals surface area contributed by atoms with Crippen LogP contribution in [0.15, 0.2) is 12.3 Å². The van der Waals surface area contributed by atoms with Crippen molar-refractivity contribution in [1.82, 2.24) is 19.5 Å². The van der Waals surface area contributed by atoms with Crippen molar-refractivity contribution in [3.63, 3.8) is 0 Å². The number of fused-ring (bicyclic) bond motifs is 1. The van der Waals surface area contributed by atoms with Gasteiger partial charge < -0.3 is 4.90 Å². The zero-order chi connectivity index (χ0) is 16.2. The molecular weight excluding hydrogens is 309 g/mol. The number of carbonyl (C=O) groups excluding carboxylic acids is 1. The summed E-state index contributed by atoms with van der Waals surface area (Å²) in [6, 6.07) is 1.06. The summed E-state index contributed by atoms with van der Waals surface area (Å²) in [5, 5.41) is 3.79. The maximum Gasteiger partial charge on any atom is 0.433 e. The molecule has 0 bridgehead atoms. The molecule has 0 unspecified atom stereocenters. The van der Waals surface area contributed by atoms with Crippen LogP contribution in [0.4, 0.5) is 13.2 Å². The zero-order valence-corrected chi connectivity index (χ0v) is 12.3. The van der Waals surface area contributed by atoms with Gasteiger partial charge in [-0.3, -0.25) is 4.79 Å². The summed E-state index contributed by atoms with van der Waals surface area (Å²) in [4.78, 5) is 18.5. The van der Waals surface area contributed by atoms with Gasteiger partial charge in [-0.2, -0.15) is 18.3 Å². The molecule has 0 radical (unpaired) electrons. The van der Waals surface area contributed by atoms with Crippen LogP contribution in [0, 0.1) is 0 Å². The number of hydrogen-bond acceptors (Lipinski definition) is 3. The van der Waals surface area contributed by atoms with Gasteiger partial charge in [0.2, 0.25) is 0 Å². The van der Waals surface area contributed by atoms with Crippen molar-refractivity contribution in [1.29, 1.82) is 0 Å². The number of amides is 1. The van der Waals surface area contributed by atoms with Gasteiger partial charge in [-0.15, -0.1) is 0 Å². The third-order valence-electron chi connectivity index (χ3n) is 4.40. The number of hydrogen-bond donors (Lipinski definition) is 0. The van der Waals surface area contributed by atoms with E-state index in [1.807, 2.05) is 0 Å². The van der Waals surface area contributed by atoms with E-state index in [2.05, 4.69) is 10.1 Å². The highest BCUT2D eigenvalue weighted by molar-refractivity contribution is 5.99. The highest BCUT2D eigenvalue weighted by atomic mass is 19.4. The minimum Gasteiger partial charge on any atom is -0.338 e. The Labute approximate surface area is 130 Å². The normalized spacial score (nSPS) is 18.8. The summed E-state index contributed by atoms with van der Waals surface area (Å²) < 4.78 is 40.7. The fraction of sp³-hybridized carbons (Fsp3) is 0.533. The SMILES string of the molecule is O=C(c1cnn2c(C(F)(F)F)cc(C3CC3)nc12)N1CCCC1. The average molecular weight is 324 g/mol. The third kappa shape index (κ3) is 2.46. The Morgan fingerprint density at radius 2 is 1.91 bits per heavy atom. The molecule has 8 heteroatoms. The van der Waals surface area contributed by atoms with E-state index < -0.39 is 11.9 Å². The Kier molecular flexibility index (Phi) is 3.11. The molecule has 0 N–H and O–H groups in total. The molecule has 4 rings (SSSR count). The molecule has 1 saturated carbocycles. The van der Waals surface area contributed by atoms with Crippen LogP contribution >= 0.6 is 0 Å². The minimum absolute atomic E-state index is 0.0126. The second-order valence-corrected chi connectivity index (χ2v) is 6.13. The lowest BCUT2D eigenvalue weighted by molar-refractivity contribution is -0.142. The van der Waals surface area contributed by atoms with Crippen LogP contribution in [0.25, 0.3) is 5.65 Å². The lowest BCUT2D eigenvalue weighted by Crippen LogP contribution is -2.27. The molecule has 0 spiro atoms. The Balaban J connectivity index is 1.86. The number of aromatic nitrogens is 3. The van der Waals surface area contributed by atoms with Crippen LogP contribution in [0.3, 0.4) is 0 Å². The van der Waals surface area contributed by atoms with Crippen molar-refractivity contribution in [2.24, 2.45) is 0 Å². The van der Waals surface area contributed by atoms with Crippen LogP contribution in [0.1, 0.15) is 53.3 Å². The van der Waals surface area contributed by atoms with Crippen molar-refractivity contribution in [3.8, 4) is 0 Å². The highest BCUT2D eigenvalue weighted by Crippen LogP contribution is 2.41. The lowest BCUT2D eigenvalue weighted by Gasteiger charge is -2.15. The minimum atomic E-state index is -4.54. The van der Waals surface area contributed by atoms with Crippen LogP contribution in [0.2, 0.25) is 0 Å². The first-order valence-corrected chi connectivity index (χ1v) is 7.70. The fourth-order valence-corrected chi connectivity index (χ4v) is 3.01. The van der Waals surface area contributed by atoms with Crippen molar-refractivity contribution in [2.75, 3.05) is 13.1 Å². The van der Waals surface area contributed by atoms with E-state index in [0.29, 0.717) is 18.8 Å². The molecule has 1 saturated heterocycles. The van der Waals surface area contributed by atoms with E-state index in [0.717, 1.165) is 36.3 Å². The summed E-state index contributed by atoms with van der Waals surface area (Å²) >= 11 is 0. The van der Waals surface area contributed by atoms with Crippen molar-refractivity contribution in [2.45, 2.75) is 37.8 Å². The lowest BCUT2D eigenvalue weighted by atomic mass is 10.2. The molecule has 1 aliphatic carbocycles. The van der Waals surface area contributed by atoms with Gasteiger partial charge in [0.1, 0.15) is 11.3 Å². The van der Waals surface area contributed by atoms with E-state index in [1.54, 1.807) is 4.90 Å². The number of rotatable bonds is 2.